The first-order valence-corrected chi connectivity index (χ1v) is 26.9. The molecule has 2 atom stereocenters. The Balaban J connectivity index is 1.13. The van der Waals surface area contributed by atoms with Crippen LogP contribution in [-0.4, -0.2) is 8.07 Å². The highest BCUT2D eigenvalue weighted by atomic mass is 28.3. The standard InChI is InChI=1S/C66H57NSi/c1-63(2,3)40-29-32-44-45-33-30-41(64(4,5)6)38-55(45)66(54(44)37-40)52-24-14-15-25-56(52)67(62-53(66)36-35-50-43-19-9-13-23-51(43)65(7,8)61(50)62)42-31-34-49-48-22-12-18-28-59(48)68(60(49)39-42)57-26-16-10-20-46(57)47-21-11-17-27-58(47)68/h9-39,43,51H,1-8H3. The summed E-state index contributed by atoms with van der Waals surface area (Å²) >= 11 is 0. The molecule has 3 aliphatic heterocycles. The van der Waals surface area contributed by atoms with Crippen molar-refractivity contribution in [3.8, 4) is 33.4 Å². The van der Waals surface area contributed by atoms with Gasteiger partial charge in [-0.15, -0.1) is 0 Å². The topological polar surface area (TPSA) is 3.24 Å². The zero-order valence-electron chi connectivity index (χ0n) is 40.5. The van der Waals surface area contributed by atoms with Gasteiger partial charge in [-0.2, -0.15) is 0 Å². The van der Waals surface area contributed by atoms with E-state index in [1.165, 1.54) is 116 Å². The Bertz CT molecular complexity index is 3470. The van der Waals surface area contributed by atoms with E-state index in [9.17, 15) is 0 Å². The summed E-state index contributed by atoms with van der Waals surface area (Å²) in [7, 11) is -2.72. The second-order valence-corrected chi connectivity index (χ2v) is 26.9. The third kappa shape index (κ3) is 4.82. The maximum atomic E-state index is 2.75. The molecule has 330 valence electrons. The van der Waals surface area contributed by atoms with Crippen LogP contribution in [0.1, 0.15) is 106 Å². The van der Waals surface area contributed by atoms with Crippen molar-refractivity contribution in [3.05, 3.63) is 233 Å². The van der Waals surface area contributed by atoms with Crippen LogP contribution in [0.5, 0.6) is 0 Å². The number of hydrogen-bond acceptors (Lipinski definition) is 1. The van der Waals surface area contributed by atoms with E-state index in [2.05, 4.69) is 248 Å². The van der Waals surface area contributed by atoms with Gasteiger partial charge in [0.2, 0.25) is 0 Å². The van der Waals surface area contributed by atoms with E-state index in [0.29, 0.717) is 11.8 Å². The summed E-state index contributed by atoms with van der Waals surface area (Å²) in [5.41, 5.74) is 22.6. The van der Waals surface area contributed by atoms with Crippen molar-refractivity contribution in [2.75, 3.05) is 4.90 Å². The Labute approximate surface area is 403 Å². The lowest BCUT2D eigenvalue weighted by Crippen LogP contribution is -2.70. The average Bonchev–Trinajstić information content (AvgIpc) is 3.99. The van der Waals surface area contributed by atoms with E-state index in [4.69, 9.17) is 0 Å². The highest BCUT2D eigenvalue weighted by molar-refractivity contribution is 7.24. The molecule has 0 aromatic heterocycles. The van der Waals surface area contributed by atoms with Crippen LogP contribution in [0.4, 0.5) is 17.1 Å². The first-order chi connectivity index (χ1) is 32.8. The summed E-state index contributed by atoms with van der Waals surface area (Å²) in [4.78, 5) is 2.75. The molecule has 2 unspecified atom stereocenters. The minimum absolute atomic E-state index is 0.0295. The average molecular weight is 892 g/mol. The summed E-state index contributed by atoms with van der Waals surface area (Å²) < 4.78 is 0. The predicted octanol–water partition coefficient (Wildman–Crippen LogP) is 13.9. The lowest BCUT2D eigenvalue weighted by molar-refractivity contribution is 0.394. The number of benzene rings is 8. The first kappa shape index (κ1) is 40.3. The second-order valence-electron chi connectivity index (χ2n) is 23.2. The molecular weight excluding hydrogens is 835 g/mol. The van der Waals surface area contributed by atoms with E-state index >= 15 is 0 Å². The summed E-state index contributed by atoms with van der Waals surface area (Å²) in [6.45, 7) is 19.3. The molecule has 2 heteroatoms. The highest BCUT2D eigenvalue weighted by Gasteiger charge is 2.58. The number of anilines is 3. The van der Waals surface area contributed by atoms with Crippen molar-refractivity contribution in [3.63, 3.8) is 0 Å². The predicted molar refractivity (Wildman–Crippen MR) is 289 cm³/mol. The van der Waals surface area contributed by atoms with Crippen LogP contribution < -0.4 is 25.6 Å². The minimum atomic E-state index is -2.72. The molecule has 0 saturated carbocycles. The van der Waals surface area contributed by atoms with Crippen LogP contribution in [0.2, 0.25) is 0 Å². The van der Waals surface area contributed by atoms with Crippen LogP contribution in [-0.2, 0) is 21.7 Å². The van der Waals surface area contributed by atoms with Crippen molar-refractivity contribution in [2.24, 2.45) is 5.92 Å². The van der Waals surface area contributed by atoms with Gasteiger partial charge in [-0.05, 0) is 139 Å². The van der Waals surface area contributed by atoms with E-state index in [0.717, 1.165) is 0 Å². The molecule has 68 heavy (non-hydrogen) atoms. The smallest absolute Gasteiger partial charge is 0.182 e. The summed E-state index contributed by atoms with van der Waals surface area (Å²) in [6, 6.07) is 65.2. The van der Waals surface area contributed by atoms with Gasteiger partial charge < -0.3 is 4.90 Å². The van der Waals surface area contributed by atoms with E-state index < -0.39 is 13.5 Å². The van der Waals surface area contributed by atoms with Crippen LogP contribution >= 0.6 is 0 Å². The van der Waals surface area contributed by atoms with Gasteiger partial charge in [0.05, 0.1) is 16.8 Å². The molecule has 8 aromatic rings. The van der Waals surface area contributed by atoms with Crippen LogP contribution in [0.15, 0.2) is 188 Å². The van der Waals surface area contributed by atoms with Gasteiger partial charge in [-0.3, -0.25) is 0 Å². The van der Waals surface area contributed by atoms with Gasteiger partial charge in [-0.25, -0.2) is 0 Å². The van der Waals surface area contributed by atoms with Gasteiger partial charge in [0.15, 0.2) is 8.07 Å². The summed E-state index contributed by atoms with van der Waals surface area (Å²) in [6.07, 6.45) is 9.55. The highest BCUT2D eigenvalue weighted by Crippen LogP contribution is 2.68. The second kappa shape index (κ2) is 13.3. The number of allylic oxidation sites excluding steroid dienone is 4. The maximum absolute atomic E-state index is 2.75. The quantitative estimate of drug-likeness (QED) is 0.148. The third-order valence-electron chi connectivity index (χ3n) is 17.5. The Hall–Kier alpha value is -6.74. The molecule has 3 aliphatic carbocycles. The first-order valence-electron chi connectivity index (χ1n) is 24.9. The SMILES string of the molecule is CC(C)(C)c1ccc2c(c1)C1(c3cc(C(C)(C)C)ccc3-2)c2ccccc2N(c2ccc3c(c2)[Si]2(c4ccccc4-c4ccccc42)c2ccccc2-3)c2c1ccc1c2C(C)(C)C2C=CC=CC12. The Morgan fingerprint density at radius 3 is 1.56 bits per heavy atom. The van der Waals surface area contributed by atoms with Crippen molar-refractivity contribution >= 4 is 45.9 Å². The summed E-state index contributed by atoms with van der Waals surface area (Å²) in [5.74, 6) is 0.661. The molecule has 0 bridgehead atoms. The largest absolute Gasteiger partial charge is 0.310 e. The number of fused-ring (bicyclic) bond motifs is 23. The monoisotopic (exact) mass is 891 g/mol. The molecular formula is C66H57NSi. The molecule has 0 saturated heterocycles. The maximum Gasteiger partial charge on any atom is 0.182 e. The zero-order valence-corrected chi connectivity index (χ0v) is 41.5. The van der Waals surface area contributed by atoms with Gasteiger partial charge >= 0.3 is 0 Å². The van der Waals surface area contributed by atoms with Crippen LogP contribution in [0.25, 0.3) is 33.4 Å². The van der Waals surface area contributed by atoms with Crippen molar-refractivity contribution in [1.82, 2.24) is 0 Å². The number of hydrogen-bond donors (Lipinski definition) is 0. The number of rotatable bonds is 1. The zero-order chi connectivity index (χ0) is 46.3. The van der Waals surface area contributed by atoms with Gasteiger partial charge in [-0.1, -0.05) is 225 Å². The molecule has 3 heterocycles. The van der Waals surface area contributed by atoms with Crippen molar-refractivity contribution < 1.29 is 0 Å². The van der Waals surface area contributed by atoms with Crippen molar-refractivity contribution in [1.29, 1.82) is 0 Å². The lowest BCUT2D eigenvalue weighted by Gasteiger charge is -2.47. The fourth-order valence-corrected chi connectivity index (χ4v) is 20.1. The summed E-state index contributed by atoms with van der Waals surface area (Å²) in [5, 5.41) is 6.03. The van der Waals surface area contributed by atoms with E-state index in [1.807, 2.05) is 0 Å². The van der Waals surface area contributed by atoms with Gasteiger partial charge in [0.25, 0.3) is 0 Å². The number of para-hydroxylation sites is 1. The molecule has 8 aromatic carbocycles. The minimum Gasteiger partial charge on any atom is -0.310 e. The molecule has 0 amide bonds. The molecule has 0 radical (unpaired) electrons. The lowest BCUT2D eigenvalue weighted by atomic mass is 9.62. The van der Waals surface area contributed by atoms with Gasteiger partial charge in [0, 0.05) is 11.6 Å². The van der Waals surface area contributed by atoms with Crippen molar-refractivity contribution in [2.45, 2.75) is 83.0 Å². The van der Waals surface area contributed by atoms with Crippen LogP contribution in [0, 0.1) is 5.92 Å². The van der Waals surface area contributed by atoms with E-state index in [-0.39, 0.29) is 16.2 Å². The molecule has 6 aliphatic rings. The molecule has 1 nitrogen and oxygen atoms in total. The fraction of sp³-hybridized carbons (Fsp3) is 0.212. The fourth-order valence-electron chi connectivity index (χ4n) is 14.4. The molecule has 0 N–H and O–H groups in total. The molecule has 2 spiro atoms. The van der Waals surface area contributed by atoms with Crippen LogP contribution in [0.3, 0.4) is 0 Å². The Morgan fingerprint density at radius 1 is 0.456 bits per heavy atom. The third-order valence-corrected chi connectivity index (χ3v) is 22.4. The normalized spacial score (nSPS) is 19.4. The Kier molecular flexibility index (Phi) is 7.87. The molecule has 0 fully saturated rings. The van der Waals surface area contributed by atoms with Gasteiger partial charge in [0.1, 0.15) is 0 Å². The van der Waals surface area contributed by atoms with E-state index in [1.54, 1.807) is 0 Å². The molecule has 14 rings (SSSR count). The Morgan fingerprint density at radius 2 is 0.971 bits per heavy atom. The number of nitrogens with zero attached hydrogens (tertiary/aromatic N) is 1.